The summed E-state index contributed by atoms with van der Waals surface area (Å²) >= 11 is 0. The van der Waals surface area contributed by atoms with Crippen LogP contribution in [-0.4, -0.2) is 10.8 Å². The molecule has 0 aromatic carbocycles. The molecule has 4 nitrogen and oxygen atoms in total. The smallest absolute Gasteiger partial charge is 0.139 e. The third-order valence-corrected chi connectivity index (χ3v) is 0.996. The van der Waals surface area contributed by atoms with E-state index in [4.69, 9.17) is 16.9 Å². The Bertz CT molecular complexity index is 225. The topological polar surface area (TPSA) is 91.7 Å². The Morgan fingerprint density at radius 3 is 2.56 bits per heavy atom. The van der Waals surface area contributed by atoms with E-state index in [0.29, 0.717) is 11.4 Å². The number of rotatable bonds is 1. The fourth-order valence-corrected chi connectivity index (χ4v) is 0.567. The predicted octanol–water partition coefficient (Wildman–Crippen LogP) is -0.119. The van der Waals surface area contributed by atoms with Crippen molar-refractivity contribution in [2.45, 2.75) is 0 Å². The Hall–Kier alpha value is -1.45. The zero-order valence-electron chi connectivity index (χ0n) is 4.81. The SMILES string of the molecule is N=C(N)c1cc(N)c[nH]1. The van der Waals surface area contributed by atoms with Crippen molar-refractivity contribution in [1.29, 1.82) is 5.41 Å². The van der Waals surface area contributed by atoms with Crippen molar-refractivity contribution in [3.8, 4) is 0 Å². The number of hydrogen-bond donors (Lipinski definition) is 4. The van der Waals surface area contributed by atoms with Gasteiger partial charge in [0.2, 0.25) is 0 Å². The summed E-state index contributed by atoms with van der Waals surface area (Å²) in [6.07, 6.45) is 1.59. The number of aromatic amines is 1. The van der Waals surface area contributed by atoms with Gasteiger partial charge in [-0.25, -0.2) is 0 Å². The number of anilines is 1. The lowest BCUT2D eigenvalue weighted by molar-refractivity contribution is 1.31. The fraction of sp³-hybridized carbons (Fsp3) is 0. The minimum absolute atomic E-state index is 0.00620. The molecular formula is C5H8N4. The molecule has 0 atom stereocenters. The Morgan fingerprint density at radius 1 is 1.67 bits per heavy atom. The van der Waals surface area contributed by atoms with Gasteiger partial charge in [-0.1, -0.05) is 0 Å². The standard InChI is InChI=1S/C5H8N4/c6-3-1-4(5(7)8)9-2-3/h1-2,9H,6H2,(H3,7,8). The first-order valence-corrected chi connectivity index (χ1v) is 2.48. The molecule has 1 aromatic rings. The number of hydrogen-bond acceptors (Lipinski definition) is 2. The maximum Gasteiger partial charge on any atom is 0.139 e. The average Bonchev–Trinajstić information content (AvgIpc) is 2.14. The van der Waals surface area contributed by atoms with Crippen LogP contribution in [-0.2, 0) is 0 Å². The second kappa shape index (κ2) is 1.81. The summed E-state index contributed by atoms with van der Waals surface area (Å²) in [6.45, 7) is 0. The van der Waals surface area contributed by atoms with Crippen LogP contribution in [0, 0.1) is 5.41 Å². The van der Waals surface area contributed by atoms with Gasteiger partial charge in [-0.05, 0) is 6.07 Å². The van der Waals surface area contributed by atoms with E-state index in [1.807, 2.05) is 0 Å². The van der Waals surface area contributed by atoms with E-state index in [0.717, 1.165) is 0 Å². The largest absolute Gasteiger partial charge is 0.397 e. The van der Waals surface area contributed by atoms with Crippen LogP contribution >= 0.6 is 0 Å². The van der Waals surface area contributed by atoms with E-state index < -0.39 is 0 Å². The Labute approximate surface area is 52.4 Å². The number of amidine groups is 1. The van der Waals surface area contributed by atoms with Crippen LogP contribution in [0.4, 0.5) is 5.69 Å². The van der Waals surface area contributed by atoms with Gasteiger partial charge in [0, 0.05) is 11.9 Å². The van der Waals surface area contributed by atoms with E-state index in [9.17, 15) is 0 Å². The molecule has 0 saturated carbocycles. The Kier molecular flexibility index (Phi) is 1.14. The number of nitrogens with one attached hydrogen (secondary N) is 2. The van der Waals surface area contributed by atoms with Gasteiger partial charge < -0.3 is 16.5 Å². The third kappa shape index (κ3) is 1.02. The van der Waals surface area contributed by atoms with Crippen molar-refractivity contribution >= 4 is 11.5 Å². The van der Waals surface area contributed by atoms with Gasteiger partial charge in [-0.2, -0.15) is 0 Å². The van der Waals surface area contributed by atoms with Crippen LogP contribution < -0.4 is 11.5 Å². The van der Waals surface area contributed by atoms with Crippen LogP contribution in [0.15, 0.2) is 12.3 Å². The van der Waals surface area contributed by atoms with Crippen molar-refractivity contribution in [3.05, 3.63) is 18.0 Å². The van der Waals surface area contributed by atoms with Gasteiger partial charge in [-0.15, -0.1) is 0 Å². The Morgan fingerprint density at radius 2 is 2.33 bits per heavy atom. The molecule has 4 heteroatoms. The molecule has 0 aliphatic rings. The molecule has 9 heavy (non-hydrogen) atoms. The summed E-state index contributed by atoms with van der Waals surface area (Å²) in [5.74, 6) is 0.00620. The lowest BCUT2D eigenvalue weighted by Gasteiger charge is -1.87. The zero-order chi connectivity index (χ0) is 6.85. The summed E-state index contributed by atoms with van der Waals surface area (Å²) in [6, 6.07) is 1.61. The fourth-order valence-electron chi connectivity index (χ4n) is 0.567. The highest BCUT2D eigenvalue weighted by Gasteiger charge is 1.95. The van der Waals surface area contributed by atoms with Crippen LogP contribution in [0.3, 0.4) is 0 Å². The monoisotopic (exact) mass is 124 g/mol. The molecular weight excluding hydrogens is 116 g/mol. The first-order valence-electron chi connectivity index (χ1n) is 2.48. The molecule has 1 heterocycles. The molecule has 0 fully saturated rings. The minimum Gasteiger partial charge on any atom is -0.397 e. The molecule has 0 radical (unpaired) electrons. The molecule has 0 aliphatic heterocycles. The number of nitrogen functional groups attached to an aromatic ring is 2. The van der Waals surface area contributed by atoms with Crippen LogP contribution in [0.5, 0.6) is 0 Å². The van der Waals surface area contributed by atoms with E-state index in [2.05, 4.69) is 4.98 Å². The molecule has 0 saturated heterocycles. The highest BCUT2D eigenvalue weighted by molar-refractivity contribution is 5.94. The maximum absolute atomic E-state index is 6.94. The van der Waals surface area contributed by atoms with Gasteiger partial charge in [0.1, 0.15) is 5.84 Å². The minimum atomic E-state index is 0.00620. The van der Waals surface area contributed by atoms with Gasteiger partial charge in [0.25, 0.3) is 0 Å². The van der Waals surface area contributed by atoms with Gasteiger partial charge in [-0.3, -0.25) is 5.41 Å². The summed E-state index contributed by atoms with van der Waals surface area (Å²) in [5, 5.41) is 6.94. The number of aromatic nitrogens is 1. The third-order valence-electron chi connectivity index (χ3n) is 0.996. The molecule has 0 unspecified atom stereocenters. The molecule has 1 rings (SSSR count). The zero-order valence-corrected chi connectivity index (χ0v) is 4.81. The lowest BCUT2D eigenvalue weighted by Crippen LogP contribution is -2.10. The lowest BCUT2D eigenvalue weighted by atomic mass is 10.4. The summed E-state index contributed by atoms with van der Waals surface area (Å²) < 4.78 is 0. The quantitative estimate of drug-likeness (QED) is 0.310. The normalized spacial score (nSPS) is 9.33. The van der Waals surface area contributed by atoms with E-state index in [-0.39, 0.29) is 5.84 Å². The second-order valence-corrected chi connectivity index (χ2v) is 1.76. The number of H-pyrrole nitrogens is 1. The van der Waals surface area contributed by atoms with Crippen molar-refractivity contribution in [2.75, 3.05) is 5.73 Å². The van der Waals surface area contributed by atoms with E-state index in [1.165, 1.54) is 0 Å². The highest BCUT2D eigenvalue weighted by atomic mass is 14.8. The second-order valence-electron chi connectivity index (χ2n) is 1.76. The van der Waals surface area contributed by atoms with Gasteiger partial charge in [0.15, 0.2) is 0 Å². The van der Waals surface area contributed by atoms with E-state index in [1.54, 1.807) is 12.3 Å². The molecule has 48 valence electrons. The van der Waals surface area contributed by atoms with Gasteiger partial charge >= 0.3 is 0 Å². The molecule has 1 aromatic heterocycles. The molecule has 0 spiro atoms. The highest BCUT2D eigenvalue weighted by Crippen LogP contribution is 2.02. The summed E-state index contributed by atoms with van der Waals surface area (Å²) in [7, 11) is 0. The summed E-state index contributed by atoms with van der Waals surface area (Å²) in [4.78, 5) is 2.73. The van der Waals surface area contributed by atoms with E-state index >= 15 is 0 Å². The van der Waals surface area contributed by atoms with Crippen LogP contribution in [0.2, 0.25) is 0 Å². The first kappa shape index (κ1) is 5.68. The maximum atomic E-state index is 6.94. The van der Waals surface area contributed by atoms with Crippen molar-refractivity contribution < 1.29 is 0 Å². The molecule has 0 amide bonds. The Balaban J connectivity index is 2.98. The van der Waals surface area contributed by atoms with Crippen molar-refractivity contribution in [3.63, 3.8) is 0 Å². The molecule has 0 bridgehead atoms. The van der Waals surface area contributed by atoms with Crippen molar-refractivity contribution in [1.82, 2.24) is 4.98 Å². The van der Waals surface area contributed by atoms with Crippen molar-refractivity contribution in [2.24, 2.45) is 5.73 Å². The number of nitrogens with two attached hydrogens (primary N) is 2. The van der Waals surface area contributed by atoms with Crippen LogP contribution in [0.25, 0.3) is 0 Å². The predicted molar refractivity (Wildman–Crippen MR) is 36.2 cm³/mol. The summed E-state index contributed by atoms with van der Waals surface area (Å²) in [5.41, 5.74) is 11.6. The molecule has 6 N–H and O–H groups in total. The molecule has 0 aliphatic carbocycles. The van der Waals surface area contributed by atoms with Gasteiger partial charge in [0.05, 0.1) is 5.69 Å². The first-order chi connectivity index (χ1) is 4.20. The average molecular weight is 124 g/mol. The van der Waals surface area contributed by atoms with Crippen LogP contribution in [0.1, 0.15) is 5.69 Å².